The van der Waals surface area contributed by atoms with Gasteiger partial charge in [-0.25, -0.2) is 14.8 Å². The second kappa shape index (κ2) is 11.1. The number of ether oxygens (including phenoxy) is 2. The summed E-state index contributed by atoms with van der Waals surface area (Å²) in [6.07, 6.45) is 4.47. The summed E-state index contributed by atoms with van der Waals surface area (Å²) in [6.45, 7) is 4.46. The maximum absolute atomic E-state index is 12.3. The lowest BCUT2D eigenvalue weighted by atomic mass is 9.84. The van der Waals surface area contributed by atoms with Gasteiger partial charge in [-0.1, -0.05) is 75.2 Å². The van der Waals surface area contributed by atoms with Crippen molar-refractivity contribution in [3.8, 4) is 11.5 Å². The number of rotatable bonds is 9. The number of carbonyl (C=O) groups is 1. The molecule has 0 amide bonds. The maximum atomic E-state index is 12.3. The van der Waals surface area contributed by atoms with E-state index in [0.717, 1.165) is 19.3 Å². The van der Waals surface area contributed by atoms with Gasteiger partial charge in [0.2, 0.25) is 5.95 Å². The van der Waals surface area contributed by atoms with Crippen LogP contribution in [0.3, 0.4) is 0 Å². The van der Waals surface area contributed by atoms with Crippen LogP contribution in [0.2, 0.25) is 0 Å². The van der Waals surface area contributed by atoms with E-state index in [4.69, 9.17) is 15.2 Å². The molecule has 0 radical (unpaired) electrons. The van der Waals surface area contributed by atoms with Crippen LogP contribution in [0.15, 0.2) is 66.9 Å². The first kappa shape index (κ1) is 22.3. The van der Waals surface area contributed by atoms with Gasteiger partial charge in [-0.05, 0) is 36.0 Å². The lowest BCUT2D eigenvalue weighted by molar-refractivity contribution is 0.151. The second-order valence-electron chi connectivity index (χ2n) is 7.75. The highest BCUT2D eigenvalue weighted by molar-refractivity contribution is 5.67. The lowest BCUT2D eigenvalue weighted by Gasteiger charge is -2.22. The number of hydrogen-bond donors (Lipinski definition) is 1. The first-order valence-corrected chi connectivity index (χ1v) is 10.7. The number of nitrogen functional groups attached to an aromatic ring is 1. The van der Waals surface area contributed by atoms with Gasteiger partial charge in [0.15, 0.2) is 5.75 Å². The number of nitrogens with zero attached hydrogens (tertiary/aromatic N) is 2. The summed E-state index contributed by atoms with van der Waals surface area (Å²) in [5.41, 5.74) is 7.67. The molecule has 0 aliphatic rings. The molecule has 0 aliphatic heterocycles. The first-order valence-electron chi connectivity index (χ1n) is 10.7. The number of aromatic nitrogens is 2. The van der Waals surface area contributed by atoms with Gasteiger partial charge in [0.1, 0.15) is 5.75 Å². The van der Waals surface area contributed by atoms with E-state index in [1.165, 1.54) is 11.8 Å². The summed E-state index contributed by atoms with van der Waals surface area (Å²) in [5.74, 6) is 1.58. The monoisotopic (exact) mass is 419 g/mol. The number of para-hydroxylation sites is 1. The van der Waals surface area contributed by atoms with Gasteiger partial charge in [-0.15, -0.1) is 0 Å². The fourth-order valence-electron chi connectivity index (χ4n) is 3.74. The standard InChI is InChI=1S/C25H29N3O3/c1-3-10-18(2)15-20(19-11-6-4-7-12-19)16-22-23(17-27-24(26)28-22)31-25(29)30-21-13-8-5-9-14-21/h4-9,11-14,17-18,20H,3,10,15-16H2,1-2H3,(H2,26,27,28). The zero-order valence-corrected chi connectivity index (χ0v) is 18.0. The van der Waals surface area contributed by atoms with E-state index in [-0.39, 0.29) is 17.6 Å². The van der Waals surface area contributed by atoms with Crippen molar-refractivity contribution in [2.24, 2.45) is 5.92 Å². The molecule has 3 rings (SSSR count). The molecule has 2 N–H and O–H groups in total. The Labute approximate surface area is 183 Å². The lowest BCUT2D eigenvalue weighted by Crippen LogP contribution is -2.17. The van der Waals surface area contributed by atoms with Crippen LogP contribution in [-0.4, -0.2) is 16.1 Å². The smallest absolute Gasteiger partial charge is 0.395 e. The number of anilines is 1. The second-order valence-corrected chi connectivity index (χ2v) is 7.75. The Morgan fingerprint density at radius 3 is 2.39 bits per heavy atom. The minimum atomic E-state index is -0.837. The molecule has 1 heterocycles. The summed E-state index contributed by atoms with van der Waals surface area (Å²) in [6, 6.07) is 19.1. The zero-order valence-electron chi connectivity index (χ0n) is 18.0. The zero-order chi connectivity index (χ0) is 22.1. The van der Waals surface area contributed by atoms with E-state index in [2.05, 4.69) is 35.9 Å². The highest BCUT2D eigenvalue weighted by Gasteiger charge is 2.21. The Bertz CT molecular complexity index is 964. The number of hydrogen-bond acceptors (Lipinski definition) is 6. The van der Waals surface area contributed by atoms with Crippen LogP contribution >= 0.6 is 0 Å². The predicted molar refractivity (Wildman–Crippen MR) is 121 cm³/mol. The molecule has 0 saturated carbocycles. The molecule has 0 saturated heterocycles. The van der Waals surface area contributed by atoms with E-state index in [1.807, 2.05) is 24.3 Å². The van der Waals surface area contributed by atoms with E-state index >= 15 is 0 Å². The number of carbonyl (C=O) groups excluding carboxylic acids is 1. The summed E-state index contributed by atoms with van der Waals surface area (Å²) in [7, 11) is 0. The molecule has 2 unspecified atom stereocenters. The van der Waals surface area contributed by atoms with Crippen LogP contribution in [0.5, 0.6) is 11.5 Å². The van der Waals surface area contributed by atoms with Crippen LogP contribution in [0, 0.1) is 5.92 Å². The quantitative estimate of drug-likeness (QED) is 0.349. The third-order valence-corrected chi connectivity index (χ3v) is 5.16. The van der Waals surface area contributed by atoms with Crippen molar-refractivity contribution in [1.29, 1.82) is 0 Å². The highest BCUT2D eigenvalue weighted by Crippen LogP contribution is 2.32. The normalized spacial score (nSPS) is 12.7. The van der Waals surface area contributed by atoms with E-state index in [0.29, 0.717) is 23.8 Å². The van der Waals surface area contributed by atoms with Gasteiger partial charge in [0.05, 0.1) is 11.9 Å². The van der Waals surface area contributed by atoms with Crippen molar-refractivity contribution in [3.63, 3.8) is 0 Å². The molecule has 2 atom stereocenters. The SMILES string of the molecule is CCCC(C)CC(Cc1nc(N)ncc1OC(=O)Oc1ccccc1)c1ccccc1. The molecule has 1 aromatic heterocycles. The van der Waals surface area contributed by atoms with Gasteiger partial charge in [-0.3, -0.25) is 0 Å². The number of nitrogens with two attached hydrogens (primary N) is 1. The van der Waals surface area contributed by atoms with E-state index in [1.54, 1.807) is 24.3 Å². The van der Waals surface area contributed by atoms with Crippen molar-refractivity contribution >= 4 is 12.1 Å². The summed E-state index contributed by atoms with van der Waals surface area (Å²) in [4.78, 5) is 20.7. The van der Waals surface area contributed by atoms with Crippen LogP contribution in [0.4, 0.5) is 10.7 Å². The molecule has 6 heteroatoms. The van der Waals surface area contributed by atoms with E-state index in [9.17, 15) is 4.79 Å². The Balaban J connectivity index is 1.80. The van der Waals surface area contributed by atoms with E-state index < -0.39 is 6.16 Å². The first-order chi connectivity index (χ1) is 15.0. The van der Waals surface area contributed by atoms with Gasteiger partial charge < -0.3 is 15.2 Å². The fourth-order valence-corrected chi connectivity index (χ4v) is 3.74. The van der Waals surface area contributed by atoms with Crippen LogP contribution < -0.4 is 15.2 Å². The molecule has 31 heavy (non-hydrogen) atoms. The van der Waals surface area contributed by atoms with Crippen LogP contribution in [0.1, 0.15) is 50.3 Å². The molecule has 3 aromatic rings. The summed E-state index contributed by atoms with van der Waals surface area (Å²) in [5, 5.41) is 0. The topological polar surface area (TPSA) is 87.3 Å². The molecular weight excluding hydrogens is 390 g/mol. The van der Waals surface area contributed by atoms with Crippen LogP contribution in [0.25, 0.3) is 0 Å². The Morgan fingerprint density at radius 2 is 1.71 bits per heavy atom. The van der Waals surface area contributed by atoms with Gasteiger partial charge >= 0.3 is 6.16 Å². The Kier molecular flexibility index (Phi) is 7.98. The third-order valence-electron chi connectivity index (χ3n) is 5.16. The van der Waals surface area contributed by atoms with Gasteiger partial charge in [0.25, 0.3) is 0 Å². The molecule has 0 aliphatic carbocycles. The molecular formula is C25H29N3O3. The molecule has 0 bridgehead atoms. The minimum Gasteiger partial charge on any atom is -0.395 e. The van der Waals surface area contributed by atoms with Crippen molar-refractivity contribution in [2.75, 3.05) is 5.73 Å². The number of benzene rings is 2. The average Bonchev–Trinajstić information content (AvgIpc) is 2.76. The minimum absolute atomic E-state index is 0.146. The van der Waals surface area contributed by atoms with Gasteiger partial charge in [-0.2, -0.15) is 0 Å². The largest absolute Gasteiger partial charge is 0.519 e. The van der Waals surface area contributed by atoms with Crippen molar-refractivity contribution in [2.45, 2.75) is 45.4 Å². The van der Waals surface area contributed by atoms with Crippen molar-refractivity contribution in [3.05, 3.63) is 78.1 Å². The summed E-state index contributed by atoms with van der Waals surface area (Å²) < 4.78 is 10.7. The maximum Gasteiger partial charge on any atom is 0.519 e. The van der Waals surface area contributed by atoms with Gasteiger partial charge in [0, 0.05) is 6.42 Å². The highest BCUT2D eigenvalue weighted by atomic mass is 16.7. The van der Waals surface area contributed by atoms with Crippen LogP contribution in [-0.2, 0) is 6.42 Å². The molecule has 2 aromatic carbocycles. The predicted octanol–water partition coefficient (Wildman–Crippen LogP) is 5.79. The van der Waals surface area contributed by atoms with Crippen molar-refractivity contribution < 1.29 is 14.3 Å². The third kappa shape index (κ3) is 6.81. The summed E-state index contributed by atoms with van der Waals surface area (Å²) >= 11 is 0. The van der Waals surface area contributed by atoms with Crippen molar-refractivity contribution in [1.82, 2.24) is 9.97 Å². The Morgan fingerprint density at radius 1 is 1.03 bits per heavy atom. The molecule has 162 valence electrons. The molecule has 6 nitrogen and oxygen atoms in total. The molecule has 0 spiro atoms. The molecule has 0 fully saturated rings. The fraction of sp³-hybridized carbons (Fsp3) is 0.320. The Hall–Kier alpha value is -3.41. The average molecular weight is 420 g/mol.